The van der Waals surface area contributed by atoms with E-state index in [0.717, 1.165) is 13.0 Å². The van der Waals surface area contributed by atoms with Crippen molar-refractivity contribution >= 4 is 0 Å². The van der Waals surface area contributed by atoms with Crippen LogP contribution in [0.4, 0.5) is 4.39 Å². The lowest BCUT2D eigenvalue weighted by Gasteiger charge is -2.17. The second kappa shape index (κ2) is 6.48. The standard InChI is InChI=1S/C17H20FN/c1-13-3-7-15(8-4-13)16(12-19-2)11-14-5-9-17(18)10-6-14/h3-10,16,19H,11-12H2,1-2H3. The summed E-state index contributed by atoms with van der Waals surface area (Å²) in [5.74, 6) is 0.236. The molecule has 2 aromatic rings. The molecule has 0 spiro atoms. The molecule has 0 aliphatic carbocycles. The van der Waals surface area contributed by atoms with Gasteiger partial charge in [0.1, 0.15) is 5.82 Å². The molecule has 2 heteroatoms. The monoisotopic (exact) mass is 257 g/mol. The van der Waals surface area contributed by atoms with Crippen molar-refractivity contribution in [1.29, 1.82) is 0 Å². The molecule has 1 N–H and O–H groups in total. The molecule has 2 aromatic carbocycles. The molecule has 0 saturated carbocycles. The van der Waals surface area contributed by atoms with E-state index in [1.807, 2.05) is 19.2 Å². The lowest BCUT2D eigenvalue weighted by Crippen LogP contribution is -2.19. The van der Waals surface area contributed by atoms with Crippen LogP contribution in [-0.4, -0.2) is 13.6 Å². The lowest BCUT2D eigenvalue weighted by molar-refractivity contribution is 0.615. The summed E-state index contributed by atoms with van der Waals surface area (Å²) in [5, 5.41) is 3.24. The molecule has 0 aliphatic rings. The van der Waals surface area contributed by atoms with Crippen molar-refractivity contribution in [2.45, 2.75) is 19.3 Å². The van der Waals surface area contributed by atoms with Gasteiger partial charge in [0, 0.05) is 12.5 Å². The number of halogens is 1. The maximum Gasteiger partial charge on any atom is 0.123 e. The van der Waals surface area contributed by atoms with Crippen LogP contribution in [0.5, 0.6) is 0 Å². The fourth-order valence-electron chi connectivity index (χ4n) is 2.30. The zero-order valence-corrected chi connectivity index (χ0v) is 11.5. The molecule has 2 rings (SSSR count). The molecule has 0 aliphatic heterocycles. The summed E-state index contributed by atoms with van der Waals surface area (Å²) >= 11 is 0. The Morgan fingerprint density at radius 2 is 1.63 bits per heavy atom. The van der Waals surface area contributed by atoms with Crippen molar-refractivity contribution < 1.29 is 4.39 Å². The number of hydrogen-bond acceptors (Lipinski definition) is 1. The van der Waals surface area contributed by atoms with Crippen LogP contribution in [0.3, 0.4) is 0 Å². The predicted octanol–water partition coefficient (Wildman–Crippen LogP) is 3.68. The quantitative estimate of drug-likeness (QED) is 0.861. The van der Waals surface area contributed by atoms with Gasteiger partial charge in [-0.25, -0.2) is 4.39 Å². The van der Waals surface area contributed by atoms with Crippen LogP contribution in [0, 0.1) is 12.7 Å². The second-order valence-corrected chi connectivity index (χ2v) is 5.00. The molecule has 1 atom stereocenters. The molecule has 100 valence electrons. The highest BCUT2D eigenvalue weighted by atomic mass is 19.1. The highest BCUT2D eigenvalue weighted by Gasteiger charge is 2.11. The molecule has 0 aromatic heterocycles. The molecule has 1 unspecified atom stereocenters. The van der Waals surface area contributed by atoms with Crippen molar-refractivity contribution in [3.05, 3.63) is 71.0 Å². The average molecular weight is 257 g/mol. The van der Waals surface area contributed by atoms with Gasteiger partial charge in [-0.3, -0.25) is 0 Å². The molecule has 0 saturated heterocycles. The number of likely N-dealkylation sites (N-methyl/N-ethyl adjacent to an activating group) is 1. The molecule has 19 heavy (non-hydrogen) atoms. The van der Waals surface area contributed by atoms with Crippen LogP contribution in [-0.2, 0) is 6.42 Å². The molecular formula is C17H20FN. The smallest absolute Gasteiger partial charge is 0.123 e. The lowest BCUT2D eigenvalue weighted by atomic mass is 9.91. The predicted molar refractivity (Wildman–Crippen MR) is 78.0 cm³/mol. The van der Waals surface area contributed by atoms with Gasteiger partial charge in [-0.1, -0.05) is 42.0 Å². The van der Waals surface area contributed by atoms with Crippen LogP contribution in [0.1, 0.15) is 22.6 Å². The minimum atomic E-state index is -0.177. The summed E-state index contributed by atoms with van der Waals surface area (Å²) in [4.78, 5) is 0. The van der Waals surface area contributed by atoms with Gasteiger partial charge >= 0.3 is 0 Å². The Hall–Kier alpha value is -1.67. The number of benzene rings is 2. The summed E-state index contributed by atoms with van der Waals surface area (Å²) in [6.45, 7) is 3.01. The Kier molecular flexibility index (Phi) is 4.69. The van der Waals surface area contributed by atoms with Crippen molar-refractivity contribution in [3.63, 3.8) is 0 Å². The van der Waals surface area contributed by atoms with E-state index < -0.39 is 0 Å². The normalized spacial score (nSPS) is 12.4. The molecule has 0 radical (unpaired) electrons. The Morgan fingerprint density at radius 3 is 2.21 bits per heavy atom. The van der Waals surface area contributed by atoms with Gasteiger partial charge in [-0.2, -0.15) is 0 Å². The van der Waals surface area contributed by atoms with E-state index in [2.05, 4.69) is 36.5 Å². The first-order chi connectivity index (χ1) is 9.19. The van der Waals surface area contributed by atoms with Crippen LogP contribution in [0.25, 0.3) is 0 Å². The zero-order chi connectivity index (χ0) is 13.7. The Balaban J connectivity index is 2.15. The van der Waals surface area contributed by atoms with Gasteiger partial charge in [0.05, 0.1) is 0 Å². The van der Waals surface area contributed by atoms with Crippen molar-refractivity contribution in [2.24, 2.45) is 0 Å². The van der Waals surface area contributed by atoms with Crippen LogP contribution in [0.15, 0.2) is 48.5 Å². The Labute approximate surface area is 114 Å². The van der Waals surface area contributed by atoms with Gasteiger partial charge < -0.3 is 5.32 Å². The maximum absolute atomic E-state index is 12.9. The fourth-order valence-corrected chi connectivity index (χ4v) is 2.30. The molecule has 0 amide bonds. The number of rotatable bonds is 5. The van der Waals surface area contributed by atoms with Gasteiger partial charge in [0.15, 0.2) is 0 Å². The minimum absolute atomic E-state index is 0.177. The topological polar surface area (TPSA) is 12.0 Å². The average Bonchev–Trinajstić information content (AvgIpc) is 2.42. The van der Waals surface area contributed by atoms with Crippen molar-refractivity contribution in [3.8, 4) is 0 Å². The Morgan fingerprint density at radius 1 is 1.00 bits per heavy atom. The zero-order valence-electron chi connectivity index (χ0n) is 11.5. The third kappa shape index (κ3) is 3.90. The first-order valence-electron chi connectivity index (χ1n) is 6.64. The largest absolute Gasteiger partial charge is 0.319 e. The van der Waals surface area contributed by atoms with E-state index >= 15 is 0 Å². The van der Waals surface area contributed by atoms with E-state index in [-0.39, 0.29) is 5.82 Å². The van der Waals surface area contributed by atoms with E-state index in [4.69, 9.17) is 0 Å². The van der Waals surface area contributed by atoms with Gasteiger partial charge in [-0.05, 0) is 43.7 Å². The third-order valence-corrected chi connectivity index (χ3v) is 3.39. The molecule has 0 bridgehead atoms. The number of aryl methyl sites for hydroxylation is 1. The van der Waals surface area contributed by atoms with Crippen molar-refractivity contribution in [1.82, 2.24) is 5.32 Å². The summed E-state index contributed by atoms with van der Waals surface area (Å²) in [5.41, 5.74) is 3.76. The third-order valence-electron chi connectivity index (χ3n) is 3.39. The maximum atomic E-state index is 12.9. The highest BCUT2D eigenvalue weighted by molar-refractivity contribution is 5.27. The van der Waals surface area contributed by atoms with E-state index in [1.165, 1.54) is 28.8 Å². The van der Waals surface area contributed by atoms with Crippen LogP contribution in [0.2, 0.25) is 0 Å². The summed E-state index contributed by atoms with van der Waals surface area (Å²) < 4.78 is 12.9. The first kappa shape index (κ1) is 13.8. The number of nitrogens with one attached hydrogen (secondary N) is 1. The summed E-state index contributed by atoms with van der Waals surface area (Å²) in [6, 6.07) is 15.4. The van der Waals surface area contributed by atoms with E-state index in [1.54, 1.807) is 0 Å². The highest BCUT2D eigenvalue weighted by Crippen LogP contribution is 2.21. The van der Waals surface area contributed by atoms with Gasteiger partial charge in [-0.15, -0.1) is 0 Å². The van der Waals surface area contributed by atoms with Crippen LogP contribution < -0.4 is 5.32 Å². The summed E-state index contributed by atoms with van der Waals surface area (Å²) in [7, 11) is 1.96. The number of hydrogen-bond donors (Lipinski definition) is 1. The second-order valence-electron chi connectivity index (χ2n) is 5.00. The van der Waals surface area contributed by atoms with Crippen molar-refractivity contribution in [2.75, 3.05) is 13.6 Å². The summed E-state index contributed by atoms with van der Waals surface area (Å²) in [6.07, 6.45) is 0.921. The molecule has 0 fully saturated rings. The van der Waals surface area contributed by atoms with E-state index in [0.29, 0.717) is 5.92 Å². The van der Waals surface area contributed by atoms with Gasteiger partial charge in [0.25, 0.3) is 0 Å². The van der Waals surface area contributed by atoms with E-state index in [9.17, 15) is 4.39 Å². The molecule has 1 nitrogen and oxygen atoms in total. The van der Waals surface area contributed by atoms with Gasteiger partial charge in [0.2, 0.25) is 0 Å². The first-order valence-corrected chi connectivity index (χ1v) is 6.64. The SMILES string of the molecule is CNCC(Cc1ccc(F)cc1)c1ccc(C)cc1. The fraction of sp³-hybridized carbons (Fsp3) is 0.294. The van der Waals surface area contributed by atoms with Crippen LogP contribution >= 0.6 is 0 Å². The Bertz CT molecular complexity index is 502. The molecule has 0 heterocycles. The minimum Gasteiger partial charge on any atom is -0.319 e. The molecular weight excluding hydrogens is 237 g/mol.